The molecular formula is C23H23N5O2. The van der Waals surface area contributed by atoms with E-state index in [9.17, 15) is 20.6 Å². The fourth-order valence-electron chi connectivity index (χ4n) is 4.57. The maximum Gasteiger partial charge on any atom is 0.410 e. The van der Waals surface area contributed by atoms with Gasteiger partial charge in [0.15, 0.2) is 5.41 Å². The first-order valence-corrected chi connectivity index (χ1v) is 9.99. The molecule has 7 heteroatoms. The summed E-state index contributed by atoms with van der Waals surface area (Å²) in [6.07, 6.45) is 2.46. The van der Waals surface area contributed by atoms with E-state index >= 15 is 0 Å². The molecule has 0 radical (unpaired) electrons. The van der Waals surface area contributed by atoms with Gasteiger partial charge in [-0.1, -0.05) is 36.4 Å². The Morgan fingerprint density at radius 2 is 1.97 bits per heavy atom. The monoisotopic (exact) mass is 401 g/mol. The van der Waals surface area contributed by atoms with Gasteiger partial charge in [-0.05, 0) is 30.9 Å². The van der Waals surface area contributed by atoms with Crippen molar-refractivity contribution < 1.29 is 9.53 Å². The molecule has 1 aromatic carbocycles. The SMILES string of the molecule is CCOC(=O)N1CC=C2C(C#N)C(=N)C(C#N)(C#N)[C@@H](CCc3ccccc3)[C@H]2C1. The number of nitrogens with one attached hydrogen (secondary N) is 1. The van der Waals surface area contributed by atoms with Gasteiger partial charge in [-0.3, -0.25) is 0 Å². The molecule has 152 valence electrons. The Kier molecular flexibility index (Phi) is 6.19. The molecule has 1 amide bonds. The van der Waals surface area contributed by atoms with Gasteiger partial charge < -0.3 is 15.0 Å². The molecule has 1 aliphatic heterocycles. The van der Waals surface area contributed by atoms with Gasteiger partial charge in [-0.2, -0.15) is 15.8 Å². The first-order valence-electron chi connectivity index (χ1n) is 9.99. The summed E-state index contributed by atoms with van der Waals surface area (Å²) in [4.78, 5) is 13.8. The summed E-state index contributed by atoms with van der Waals surface area (Å²) in [6, 6.07) is 16.0. The van der Waals surface area contributed by atoms with E-state index in [1.54, 1.807) is 13.0 Å². The topological polar surface area (TPSA) is 125 Å². The summed E-state index contributed by atoms with van der Waals surface area (Å²) in [5.41, 5.74) is -0.0447. The van der Waals surface area contributed by atoms with E-state index in [1.165, 1.54) is 4.90 Å². The minimum Gasteiger partial charge on any atom is -0.450 e. The zero-order valence-electron chi connectivity index (χ0n) is 16.8. The summed E-state index contributed by atoms with van der Waals surface area (Å²) in [7, 11) is 0. The number of nitriles is 3. The standard InChI is InChI=1S/C23H23N5O2/c1-2-30-22(29)28-11-10-17-18(12-24)21(27)23(14-25,15-26)20(19(17)13-28)9-8-16-6-4-3-5-7-16/h3-7,10,18-20,27H,2,8-9,11,13H2,1H3/t18?,19-,20-/m0/s1. The van der Waals surface area contributed by atoms with Gasteiger partial charge >= 0.3 is 6.09 Å². The lowest BCUT2D eigenvalue weighted by Gasteiger charge is -2.47. The Labute approximate surface area is 176 Å². The molecule has 2 aliphatic rings. The largest absolute Gasteiger partial charge is 0.450 e. The molecule has 0 bridgehead atoms. The Hall–Kier alpha value is -3.63. The molecule has 1 aliphatic carbocycles. The first kappa shape index (κ1) is 21.1. The highest BCUT2D eigenvalue weighted by Gasteiger charge is 2.57. The molecule has 1 heterocycles. The summed E-state index contributed by atoms with van der Waals surface area (Å²) in [6.45, 7) is 2.53. The zero-order valence-corrected chi connectivity index (χ0v) is 16.8. The zero-order chi connectivity index (χ0) is 21.7. The van der Waals surface area contributed by atoms with Gasteiger partial charge in [0.25, 0.3) is 0 Å². The molecule has 1 saturated carbocycles. The van der Waals surface area contributed by atoms with Crippen molar-refractivity contribution in [2.24, 2.45) is 23.2 Å². The highest BCUT2D eigenvalue weighted by molar-refractivity contribution is 6.00. The van der Waals surface area contributed by atoms with Crippen molar-refractivity contribution in [3.05, 3.63) is 47.5 Å². The quantitative estimate of drug-likeness (QED) is 0.774. The molecule has 3 atom stereocenters. The Balaban J connectivity index is 2.01. The number of nitrogens with zero attached hydrogens (tertiary/aromatic N) is 4. The average molecular weight is 401 g/mol. The fourth-order valence-corrected chi connectivity index (χ4v) is 4.57. The van der Waals surface area contributed by atoms with Crippen LogP contribution in [-0.2, 0) is 11.2 Å². The minimum absolute atomic E-state index is 0.153. The molecule has 3 rings (SSSR count). The maximum absolute atomic E-state index is 12.3. The second-order valence-corrected chi connectivity index (χ2v) is 7.55. The average Bonchev–Trinajstić information content (AvgIpc) is 2.78. The lowest BCUT2D eigenvalue weighted by molar-refractivity contribution is 0.0923. The van der Waals surface area contributed by atoms with E-state index in [0.29, 0.717) is 12.8 Å². The highest BCUT2D eigenvalue weighted by Crippen LogP contribution is 2.50. The second kappa shape index (κ2) is 8.80. The predicted molar refractivity (Wildman–Crippen MR) is 109 cm³/mol. The fraction of sp³-hybridized carbons (Fsp3) is 0.435. The van der Waals surface area contributed by atoms with Crippen molar-refractivity contribution in [2.75, 3.05) is 19.7 Å². The second-order valence-electron chi connectivity index (χ2n) is 7.55. The number of rotatable bonds is 4. The van der Waals surface area contributed by atoms with Crippen LogP contribution < -0.4 is 0 Å². The third kappa shape index (κ3) is 3.53. The maximum atomic E-state index is 12.3. The van der Waals surface area contributed by atoms with E-state index in [4.69, 9.17) is 10.1 Å². The van der Waals surface area contributed by atoms with E-state index < -0.39 is 23.3 Å². The van der Waals surface area contributed by atoms with Crippen molar-refractivity contribution in [1.29, 1.82) is 21.2 Å². The smallest absolute Gasteiger partial charge is 0.410 e. The molecular weight excluding hydrogens is 378 g/mol. The summed E-state index contributed by atoms with van der Waals surface area (Å²) in [5, 5.41) is 38.3. The highest BCUT2D eigenvalue weighted by atomic mass is 16.6. The van der Waals surface area contributed by atoms with Gasteiger partial charge in [0.1, 0.15) is 5.92 Å². The van der Waals surface area contributed by atoms with Crippen LogP contribution in [0.4, 0.5) is 4.79 Å². The van der Waals surface area contributed by atoms with Gasteiger partial charge in [-0.15, -0.1) is 0 Å². The molecule has 1 N–H and O–H groups in total. The number of carbonyl (C=O) groups excluding carboxylic acids is 1. The summed E-state index contributed by atoms with van der Waals surface area (Å²) in [5.74, 6) is -1.79. The van der Waals surface area contributed by atoms with E-state index in [0.717, 1.165) is 11.1 Å². The Morgan fingerprint density at radius 3 is 2.57 bits per heavy atom. The lowest BCUT2D eigenvalue weighted by Crippen LogP contribution is -2.55. The molecule has 0 saturated heterocycles. The predicted octanol–water partition coefficient (Wildman–Crippen LogP) is 3.46. The molecule has 0 aromatic heterocycles. The van der Waals surface area contributed by atoms with Crippen molar-refractivity contribution in [1.82, 2.24) is 4.90 Å². The number of fused-ring (bicyclic) bond motifs is 1. The number of aryl methyl sites for hydroxylation is 1. The molecule has 7 nitrogen and oxygen atoms in total. The van der Waals surface area contributed by atoms with Crippen LogP contribution in [0.5, 0.6) is 0 Å². The minimum atomic E-state index is -1.70. The van der Waals surface area contributed by atoms with Gasteiger partial charge in [0.05, 0.1) is 30.5 Å². The summed E-state index contributed by atoms with van der Waals surface area (Å²) < 4.78 is 5.13. The molecule has 0 spiro atoms. The van der Waals surface area contributed by atoms with Gasteiger partial charge in [-0.25, -0.2) is 4.79 Å². The number of hydrogen-bond donors (Lipinski definition) is 1. The van der Waals surface area contributed by atoms with Crippen LogP contribution in [-0.4, -0.2) is 36.4 Å². The van der Waals surface area contributed by atoms with Crippen LogP contribution >= 0.6 is 0 Å². The first-order chi connectivity index (χ1) is 14.5. The van der Waals surface area contributed by atoms with Crippen LogP contribution in [0, 0.1) is 62.6 Å². The lowest BCUT2D eigenvalue weighted by atomic mass is 9.55. The van der Waals surface area contributed by atoms with Crippen LogP contribution in [0.25, 0.3) is 0 Å². The van der Waals surface area contributed by atoms with Crippen molar-refractivity contribution in [2.45, 2.75) is 19.8 Å². The van der Waals surface area contributed by atoms with E-state index in [2.05, 4.69) is 18.2 Å². The van der Waals surface area contributed by atoms with E-state index in [-0.39, 0.29) is 31.3 Å². The van der Waals surface area contributed by atoms with Gasteiger partial charge in [0, 0.05) is 24.9 Å². The van der Waals surface area contributed by atoms with E-state index in [1.807, 2.05) is 30.3 Å². The third-order valence-electron chi connectivity index (χ3n) is 6.08. The third-order valence-corrected chi connectivity index (χ3v) is 6.08. The normalized spacial score (nSPS) is 24.5. The van der Waals surface area contributed by atoms with Gasteiger partial charge in [0.2, 0.25) is 0 Å². The molecule has 1 fully saturated rings. The number of amides is 1. The number of hydrogen-bond acceptors (Lipinski definition) is 6. The number of carbonyl (C=O) groups is 1. The molecule has 30 heavy (non-hydrogen) atoms. The van der Waals surface area contributed by atoms with Crippen LogP contribution in [0.1, 0.15) is 18.9 Å². The van der Waals surface area contributed by atoms with Crippen molar-refractivity contribution in [3.8, 4) is 18.2 Å². The Bertz CT molecular complexity index is 966. The van der Waals surface area contributed by atoms with Crippen LogP contribution in [0.15, 0.2) is 42.0 Å². The molecule has 1 unspecified atom stereocenters. The Morgan fingerprint density at radius 1 is 1.27 bits per heavy atom. The van der Waals surface area contributed by atoms with Crippen molar-refractivity contribution >= 4 is 11.8 Å². The van der Waals surface area contributed by atoms with Crippen LogP contribution in [0.2, 0.25) is 0 Å². The number of ether oxygens (including phenoxy) is 1. The number of benzene rings is 1. The summed E-state index contributed by atoms with van der Waals surface area (Å²) >= 11 is 0. The molecule has 1 aromatic rings. The van der Waals surface area contributed by atoms with Crippen LogP contribution in [0.3, 0.4) is 0 Å². The van der Waals surface area contributed by atoms with Crippen molar-refractivity contribution in [3.63, 3.8) is 0 Å².